The summed E-state index contributed by atoms with van der Waals surface area (Å²) in [5.41, 5.74) is 0. The second-order valence-corrected chi connectivity index (χ2v) is 0.612. The summed E-state index contributed by atoms with van der Waals surface area (Å²) >= 11 is 0. The van der Waals surface area contributed by atoms with E-state index in [-0.39, 0.29) is 0 Å². The van der Waals surface area contributed by atoms with E-state index in [9.17, 15) is 0 Å². The maximum atomic E-state index is 6.33. The zero-order valence-electron chi connectivity index (χ0n) is 2.78. The van der Waals surface area contributed by atoms with Gasteiger partial charge in [-0.05, 0) is 0 Å². The molecule has 0 atom stereocenters. The van der Waals surface area contributed by atoms with Crippen molar-refractivity contribution in [3.8, 4) is 0 Å². The van der Waals surface area contributed by atoms with Crippen molar-refractivity contribution in [3.63, 3.8) is 0 Å². The summed E-state index contributed by atoms with van der Waals surface area (Å²) in [6.45, 7) is 1.94. The normalized spacial score (nSPS) is 5.25. The fourth-order valence-corrected chi connectivity index (χ4v) is 0. The molecule has 0 aliphatic carbocycles. The summed E-state index contributed by atoms with van der Waals surface area (Å²) in [5, 5.41) is 6.33. The van der Waals surface area contributed by atoms with Gasteiger partial charge < -0.3 is 0 Å². The topological polar surface area (TPSA) is 23.9 Å². The molecular weight excluding hydrogens is 48.8 g/mol. The van der Waals surface area contributed by atoms with Crippen LogP contribution in [0.4, 0.5) is 0 Å². The van der Waals surface area contributed by atoms with Crippen LogP contribution in [0.3, 0.4) is 0 Å². The van der Waals surface area contributed by atoms with Gasteiger partial charge in [0.2, 0.25) is 0 Å². The maximum absolute atomic E-state index is 6.33. The number of hydrogen-bond donors (Lipinski definition) is 1. The molecule has 1 nitrogen and oxygen atoms in total. The predicted molar refractivity (Wildman–Crippen MR) is 19.0 cm³/mol. The van der Waals surface area contributed by atoms with Gasteiger partial charge in [0.1, 0.15) is 0 Å². The number of rotatable bonds is 1. The van der Waals surface area contributed by atoms with E-state index in [1.807, 2.05) is 6.92 Å². The van der Waals surface area contributed by atoms with Crippen molar-refractivity contribution in [1.82, 2.24) is 0 Å². The summed E-state index contributed by atoms with van der Waals surface area (Å²) in [6, 6.07) is 0. The Labute approximate surface area is 26.8 Å². The average Bonchev–Trinajstić information content (AvgIpc) is 1.37. The third kappa shape index (κ3) is 1.86. The molecule has 0 aromatic heterocycles. The zero-order valence-corrected chi connectivity index (χ0v) is 2.78. The fourth-order valence-electron chi connectivity index (χ4n) is 0. The van der Waals surface area contributed by atoms with E-state index in [0.29, 0.717) is 0 Å². The average molecular weight is 54.9 g/mol. The molecule has 22 valence electrons. The zero-order chi connectivity index (χ0) is 3.41. The first kappa shape index (κ1) is 3.86. The molecule has 0 aliphatic rings. The molecule has 0 aromatic carbocycles. The monoisotopic (exact) mass is 55.1 g/mol. The van der Waals surface area contributed by atoms with Gasteiger partial charge >= 0.3 is 25.6 Å². The minimum atomic E-state index is 0.861. The molecule has 0 heterocycles. The number of hydrogen-bond acceptors (Lipinski definition) is 1. The van der Waals surface area contributed by atoms with Crippen LogP contribution in [-0.2, 0) is 0 Å². The van der Waals surface area contributed by atoms with Gasteiger partial charge in [-0.1, -0.05) is 0 Å². The Morgan fingerprint density at radius 3 is 2.25 bits per heavy atom. The van der Waals surface area contributed by atoms with Crippen LogP contribution in [0.1, 0.15) is 6.92 Å². The third-order valence-electron chi connectivity index (χ3n) is 0.204. The summed E-state index contributed by atoms with van der Waals surface area (Å²) in [4.78, 5) is 0. The molecule has 0 fully saturated rings. The van der Waals surface area contributed by atoms with Crippen molar-refractivity contribution in [2.24, 2.45) is 0 Å². The Morgan fingerprint density at radius 1 is 2.00 bits per heavy atom. The van der Waals surface area contributed by atoms with E-state index in [1.54, 1.807) is 0 Å². The van der Waals surface area contributed by atoms with Gasteiger partial charge in [-0.3, -0.25) is 0 Å². The Bertz CT molecular complexity index is 20.0. The van der Waals surface area contributed by atoms with Gasteiger partial charge in [0, 0.05) is 0 Å². The van der Waals surface area contributed by atoms with Crippen LogP contribution in [0, 0.1) is 5.31 Å². The van der Waals surface area contributed by atoms with E-state index in [0.717, 1.165) is 6.32 Å². The minimum absolute atomic E-state index is 0.861. The molecule has 0 amide bonds. The SMILES string of the molecule is CCB=N. The third-order valence-corrected chi connectivity index (χ3v) is 0.204. The standard InChI is InChI=1S/C2H6BN/c1-2-3-4/h4H,2H2,1H3. The van der Waals surface area contributed by atoms with Gasteiger partial charge in [-0.2, -0.15) is 0 Å². The van der Waals surface area contributed by atoms with Gasteiger partial charge in [-0.15, -0.1) is 0 Å². The Hall–Kier alpha value is -0.135. The Kier molecular flexibility index (Phi) is 2.77. The molecule has 1 N–H and O–H groups in total. The molecule has 0 radical (unpaired) electrons. The van der Waals surface area contributed by atoms with Crippen LogP contribution >= 0.6 is 0 Å². The molecule has 0 bridgehead atoms. The first-order chi connectivity index (χ1) is 1.91. The molecule has 0 aromatic rings. The van der Waals surface area contributed by atoms with Crippen molar-refractivity contribution >= 4 is 7.07 Å². The van der Waals surface area contributed by atoms with Crippen LogP contribution in [0.15, 0.2) is 0 Å². The first-order valence-electron chi connectivity index (χ1n) is 1.40. The summed E-state index contributed by atoms with van der Waals surface area (Å²) < 4.78 is 0. The number of nitrogens with one attached hydrogen (secondary N) is 1. The summed E-state index contributed by atoms with van der Waals surface area (Å²) in [7, 11) is 1.38. The molecule has 0 aliphatic heterocycles. The van der Waals surface area contributed by atoms with Crippen LogP contribution in [0.2, 0.25) is 6.32 Å². The molecule has 0 rings (SSSR count). The van der Waals surface area contributed by atoms with E-state index in [2.05, 4.69) is 0 Å². The second-order valence-electron chi connectivity index (χ2n) is 0.612. The quantitative estimate of drug-likeness (QED) is 0.430. The Balaban J connectivity index is 2.30. The van der Waals surface area contributed by atoms with E-state index in [4.69, 9.17) is 5.31 Å². The van der Waals surface area contributed by atoms with Crippen LogP contribution in [0.25, 0.3) is 0 Å². The van der Waals surface area contributed by atoms with Crippen LogP contribution < -0.4 is 0 Å². The molecule has 0 spiro atoms. The summed E-state index contributed by atoms with van der Waals surface area (Å²) in [5.74, 6) is 0. The van der Waals surface area contributed by atoms with Crippen molar-refractivity contribution < 1.29 is 0 Å². The first-order valence-corrected chi connectivity index (χ1v) is 1.40. The van der Waals surface area contributed by atoms with Crippen molar-refractivity contribution in [3.05, 3.63) is 0 Å². The van der Waals surface area contributed by atoms with E-state index in [1.165, 1.54) is 7.07 Å². The van der Waals surface area contributed by atoms with Crippen LogP contribution in [-0.4, -0.2) is 7.07 Å². The summed E-state index contributed by atoms with van der Waals surface area (Å²) in [6.07, 6.45) is 0.861. The molecule has 4 heavy (non-hydrogen) atoms. The molecule has 0 saturated heterocycles. The van der Waals surface area contributed by atoms with Gasteiger partial charge in [0.25, 0.3) is 0 Å². The van der Waals surface area contributed by atoms with Crippen molar-refractivity contribution in [2.45, 2.75) is 13.2 Å². The molecule has 2 heteroatoms. The van der Waals surface area contributed by atoms with E-state index >= 15 is 0 Å². The molecular formula is C2H6BN. The van der Waals surface area contributed by atoms with Crippen molar-refractivity contribution in [1.29, 1.82) is 5.31 Å². The van der Waals surface area contributed by atoms with Gasteiger partial charge in [0.05, 0.1) is 0 Å². The predicted octanol–water partition coefficient (Wildman–Crippen LogP) is 0.891. The fraction of sp³-hybridized carbons (Fsp3) is 1.00. The van der Waals surface area contributed by atoms with Crippen LogP contribution in [0.5, 0.6) is 0 Å². The Morgan fingerprint density at radius 2 is 2.25 bits per heavy atom. The van der Waals surface area contributed by atoms with E-state index < -0.39 is 0 Å². The molecule has 0 saturated carbocycles. The van der Waals surface area contributed by atoms with Crippen molar-refractivity contribution in [2.75, 3.05) is 0 Å². The molecule has 0 unspecified atom stereocenters. The van der Waals surface area contributed by atoms with Gasteiger partial charge in [0.15, 0.2) is 0 Å². The van der Waals surface area contributed by atoms with Gasteiger partial charge in [-0.25, -0.2) is 0 Å². The second kappa shape index (κ2) is 2.86.